The van der Waals surface area contributed by atoms with E-state index in [4.69, 9.17) is 0 Å². The van der Waals surface area contributed by atoms with Gasteiger partial charge in [0.05, 0.1) is 6.04 Å². The SMILES string of the molecule is CC(NC(=O)CCCC1CCCCC1)c1nnc2c(=O)[nH]ccn12. The second kappa shape index (κ2) is 7.59. The van der Waals surface area contributed by atoms with Gasteiger partial charge >= 0.3 is 0 Å². The van der Waals surface area contributed by atoms with Crippen molar-refractivity contribution in [3.05, 3.63) is 28.6 Å². The summed E-state index contributed by atoms with van der Waals surface area (Å²) < 4.78 is 1.62. The summed E-state index contributed by atoms with van der Waals surface area (Å²) in [6.07, 6.45) is 12.5. The van der Waals surface area contributed by atoms with Gasteiger partial charge in [0.15, 0.2) is 5.82 Å². The molecule has 1 amide bonds. The number of aromatic nitrogens is 4. The highest BCUT2D eigenvalue weighted by molar-refractivity contribution is 5.76. The maximum absolute atomic E-state index is 12.2. The van der Waals surface area contributed by atoms with E-state index in [2.05, 4.69) is 20.5 Å². The van der Waals surface area contributed by atoms with Crippen molar-refractivity contribution >= 4 is 11.6 Å². The number of carbonyl (C=O) groups is 1. The van der Waals surface area contributed by atoms with Crippen LogP contribution in [0.2, 0.25) is 0 Å². The summed E-state index contributed by atoms with van der Waals surface area (Å²) in [4.78, 5) is 26.4. The first-order valence-electron chi connectivity index (χ1n) is 8.87. The van der Waals surface area contributed by atoms with Gasteiger partial charge in [0.2, 0.25) is 11.6 Å². The number of fused-ring (bicyclic) bond motifs is 1. The summed E-state index contributed by atoms with van der Waals surface area (Å²) in [6.45, 7) is 1.86. The lowest BCUT2D eigenvalue weighted by Gasteiger charge is -2.21. The van der Waals surface area contributed by atoms with Crippen LogP contribution in [0.3, 0.4) is 0 Å². The lowest BCUT2D eigenvalue weighted by Crippen LogP contribution is -2.28. The van der Waals surface area contributed by atoms with Crippen LogP contribution in [0, 0.1) is 5.92 Å². The molecule has 3 rings (SSSR count). The molecule has 0 radical (unpaired) electrons. The highest BCUT2D eigenvalue weighted by Gasteiger charge is 2.18. The summed E-state index contributed by atoms with van der Waals surface area (Å²) in [5, 5.41) is 10.9. The highest BCUT2D eigenvalue weighted by atomic mass is 16.1. The monoisotopic (exact) mass is 331 g/mol. The number of nitrogens with one attached hydrogen (secondary N) is 2. The second-order valence-electron chi connectivity index (χ2n) is 6.73. The Morgan fingerprint density at radius 1 is 1.38 bits per heavy atom. The van der Waals surface area contributed by atoms with Gasteiger partial charge in [0.1, 0.15) is 0 Å². The fourth-order valence-corrected chi connectivity index (χ4v) is 3.56. The number of hydrogen-bond donors (Lipinski definition) is 2. The van der Waals surface area contributed by atoms with Crippen LogP contribution in [-0.4, -0.2) is 25.5 Å². The smallest absolute Gasteiger partial charge is 0.293 e. The Balaban J connectivity index is 1.52. The number of carbonyl (C=O) groups excluding carboxylic acids is 1. The third-order valence-corrected chi connectivity index (χ3v) is 4.87. The van der Waals surface area contributed by atoms with E-state index in [0.717, 1.165) is 18.8 Å². The number of aromatic amines is 1. The van der Waals surface area contributed by atoms with Crippen LogP contribution in [0.25, 0.3) is 5.65 Å². The van der Waals surface area contributed by atoms with Crippen molar-refractivity contribution in [1.29, 1.82) is 0 Å². The van der Waals surface area contributed by atoms with Crippen LogP contribution < -0.4 is 10.9 Å². The minimum atomic E-state index is -0.290. The number of amides is 1. The molecule has 0 aromatic carbocycles. The molecule has 2 heterocycles. The molecule has 7 nitrogen and oxygen atoms in total. The van der Waals surface area contributed by atoms with Crippen molar-refractivity contribution in [2.24, 2.45) is 5.92 Å². The normalized spacial score (nSPS) is 17.0. The number of nitrogens with zero attached hydrogens (tertiary/aromatic N) is 3. The summed E-state index contributed by atoms with van der Waals surface area (Å²) in [5.41, 5.74) is -0.0480. The summed E-state index contributed by atoms with van der Waals surface area (Å²) in [5.74, 6) is 1.40. The van der Waals surface area contributed by atoms with Gasteiger partial charge in [-0.1, -0.05) is 32.1 Å². The van der Waals surface area contributed by atoms with E-state index in [0.29, 0.717) is 12.2 Å². The van der Waals surface area contributed by atoms with E-state index in [1.807, 2.05) is 6.92 Å². The van der Waals surface area contributed by atoms with Gasteiger partial charge in [0, 0.05) is 18.8 Å². The standard InChI is InChI=1S/C17H25N5O2/c1-12(15-20-21-16-17(24)18-10-11-22(15)16)19-14(23)9-5-8-13-6-3-2-4-7-13/h10-13H,2-9H2,1H3,(H,18,24)(H,19,23). The summed E-state index contributed by atoms with van der Waals surface area (Å²) >= 11 is 0. The maximum Gasteiger partial charge on any atom is 0.293 e. The predicted molar refractivity (Wildman–Crippen MR) is 90.6 cm³/mol. The van der Waals surface area contributed by atoms with Crippen molar-refractivity contribution in [2.75, 3.05) is 0 Å². The highest BCUT2D eigenvalue weighted by Crippen LogP contribution is 2.27. The van der Waals surface area contributed by atoms with E-state index in [-0.39, 0.29) is 23.2 Å². The van der Waals surface area contributed by atoms with Crippen molar-refractivity contribution < 1.29 is 4.79 Å². The molecule has 1 saturated carbocycles. The zero-order valence-electron chi connectivity index (χ0n) is 14.1. The Kier molecular flexibility index (Phi) is 5.27. The quantitative estimate of drug-likeness (QED) is 0.850. The van der Waals surface area contributed by atoms with Crippen molar-refractivity contribution in [1.82, 2.24) is 24.9 Å². The molecule has 2 aromatic rings. The third-order valence-electron chi connectivity index (χ3n) is 4.87. The molecule has 2 aromatic heterocycles. The molecule has 0 saturated heterocycles. The lowest BCUT2D eigenvalue weighted by molar-refractivity contribution is -0.121. The van der Waals surface area contributed by atoms with E-state index in [1.165, 1.54) is 32.1 Å². The minimum Gasteiger partial charge on any atom is -0.346 e. The topological polar surface area (TPSA) is 92.2 Å². The molecule has 0 aliphatic heterocycles. The van der Waals surface area contributed by atoms with Crippen LogP contribution in [0.1, 0.15) is 70.2 Å². The molecule has 1 aliphatic carbocycles. The minimum absolute atomic E-state index is 0.0277. The summed E-state index contributed by atoms with van der Waals surface area (Å²) in [6, 6.07) is -0.288. The summed E-state index contributed by atoms with van der Waals surface area (Å²) in [7, 11) is 0. The molecule has 1 unspecified atom stereocenters. The Morgan fingerprint density at radius 3 is 2.96 bits per heavy atom. The van der Waals surface area contributed by atoms with E-state index < -0.39 is 0 Å². The molecule has 0 bridgehead atoms. The van der Waals surface area contributed by atoms with Gasteiger partial charge in [-0.2, -0.15) is 0 Å². The fraction of sp³-hybridized carbons (Fsp3) is 0.647. The Labute approximate surface area is 140 Å². The first-order valence-corrected chi connectivity index (χ1v) is 8.87. The zero-order chi connectivity index (χ0) is 16.9. The van der Waals surface area contributed by atoms with Crippen LogP contribution in [0.5, 0.6) is 0 Å². The molecule has 1 atom stereocenters. The molecule has 1 aliphatic rings. The number of H-pyrrole nitrogens is 1. The van der Waals surface area contributed by atoms with Crippen LogP contribution in [-0.2, 0) is 4.79 Å². The van der Waals surface area contributed by atoms with Gasteiger partial charge in [-0.3, -0.25) is 14.0 Å². The number of rotatable bonds is 6. The van der Waals surface area contributed by atoms with Crippen molar-refractivity contribution in [3.8, 4) is 0 Å². The van der Waals surface area contributed by atoms with Gasteiger partial charge in [-0.05, 0) is 25.7 Å². The molecule has 1 fully saturated rings. The van der Waals surface area contributed by atoms with Crippen molar-refractivity contribution in [3.63, 3.8) is 0 Å². The molecular formula is C17H25N5O2. The third kappa shape index (κ3) is 3.83. The first kappa shape index (κ1) is 16.7. The lowest BCUT2D eigenvalue weighted by atomic mass is 9.86. The second-order valence-corrected chi connectivity index (χ2v) is 6.73. The predicted octanol–water partition coefficient (Wildman–Crippen LogP) is 2.35. The average Bonchev–Trinajstić information content (AvgIpc) is 3.01. The maximum atomic E-state index is 12.2. The van der Waals surface area contributed by atoms with Gasteiger partial charge < -0.3 is 10.3 Å². The molecular weight excluding hydrogens is 306 g/mol. The van der Waals surface area contributed by atoms with Crippen LogP contribution >= 0.6 is 0 Å². The van der Waals surface area contributed by atoms with E-state index in [1.54, 1.807) is 16.8 Å². The van der Waals surface area contributed by atoms with Gasteiger partial charge in [-0.15, -0.1) is 10.2 Å². The van der Waals surface area contributed by atoms with Gasteiger partial charge in [0.25, 0.3) is 5.56 Å². The van der Waals surface area contributed by atoms with Gasteiger partial charge in [-0.25, -0.2) is 0 Å². The van der Waals surface area contributed by atoms with Crippen molar-refractivity contribution in [2.45, 2.75) is 64.3 Å². The molecule has 24 heavy (non-hydrogen) atoms. The largest absolute Gasteiger partial charge is 0.346 e. The number of hydrogen-bond acceptors (Lipinski definition) is 4. The Hall–Kier alpha value is -2.18. The first-order chi connectivity index (χ1) is 11.6. The van der Waals surface area contributed by atoms with Crippen LogP contribution in [0.4, 0.5) is 0 Å². The van der Waals surface area contributed by atoms with E-state index in [9.17, 15) is 9.59 Å². The Bertz CT molecular complexity index is 745. The molecule has 130 valence electrons. The van der Waals surface area contributed by atoms with E-state index >= 15 is 0 Å². The Morgan fingerprint density at radius 2 is 2.17 bits per heavy atom. The molecule has 0 spiro atoms. The molecule has 2 N–H and O–H groups in total. The zero-order valence-corrected chi connectivity index (χ0v) is 14.1. The average molecular weight is 331 g/mol. The van der Waals surface area contributed by atoms with Crippen LogP contribution in [0.15, 0.2) is 17.2 Å². The molecule has 7 heteroatoms. The fourth-order valence-electron chi connectivity index (χ4n) is 3.56.